The van der Waals surface area contributed by atoms with Gasteiger partial charge in [-0.1, -0.05) is 30.3 Å². The van der Waals surface area contributed by atoms with Crippen molar-refractivity contribution >= 4 is 17.4 Å². The van der Waals surface area contributed by atoms with Crippen molar-refractivity contribution in [2.45, 2.75) is 12.8 Å². The lowest BCUT2D eigenvalue weighted by molar-refractivity contribution is -0.116. The van der Waals surface area contributed by atoms with Crippen LogP contribution in [0.25, 0.3) is 0 Å². The van der Waals surface area contributed by atoms with Crippen LogP contribution in [0.15, 0.2) is 48.7 Å². The van der Waals surface area contributed by atoms with Crippen LogP contribution in [0.4, 0.5) is 11.5 Å². The maximum Gasteiger partial charge on any atom is 0.224 e. The van der Waals surface area contributed by atoms with Crippen LogP contribution < -0.4 is 10.2 Å². The van der Waals surface area contributed by atoms with Crippen LogP contribution in [-0.2, 0) is 11.2 Å². The first-order chi connectivity index (χ1) is 11.7. The molecule has 2 heterocycles. The van der Waals surface area contributed by atoms with Crippen LogP contribution in [0.2, 0.25) is 0 Å². The predicted molar refractivity (Wildman–Crippen MR) is 97.3 cm³/mol. The minimum atomic E-state index is 0.0213. The maximum atomic E-state index is 12.1. The molecule has 1 saturated heterocycles. The molecule has 1 aromatic heterocycles. The molecule has 3 rings (SSSR count). The minimum absolute atomic E-state index is 0.0213. The Hall–Kier alpha value is -2.40. The zero-order chi connectivity index (χ0) is 16.8. The molecule has 0 saturated carbocycles. The van der Waals surface area contributed by atoms with Crippen molar-refractivity contribution in [3.8, 4) is 0 Å². The lowest BCUT2D eigenvalue weighted by atomic mass is 10.1. The highest BCUT2D eigenvalue weighted by molar-refractivity contribution is 5.90. The summed E-state index contributed by atoms with van der Waals surface area (Å²) in [6.07, 6.45) is 2.97. The second-order valence-corrected chi connectivity index (χ2v) is 6.23. The van der Waals surface area contributed by atoms with Crippen LogP contribution in [0.3, 0.4) is 0 Å². The number of likely N-dealkylation sites (N-methyl/N-ethyl adjacent to an activating group) is 1. The third-order valence-electron chi connectivity index (χ3n) is 4.34. The summed E-state index contributed by atoms with van der Waals surface area (Å²) in [5, 5.41) is 2.92. The average Bonchev–Trinajstić information content (AvgIpc) is 2.62. The fourth-order valence-electron chi connectivity index (χ4n) is 2.81. The fraction of sp³-hybridized carbons (Fsp3) is 0.368. The molecule has 1 aliphatic rings. The zero-order valence-corrected chi connectivity index (χ0v) is 14.1. The molecule has 0 aliphatic carbocycles. The Morgan fingerprint density at radius 3 is 2.50 bits per heavy atom. The molecule has 0 atom stereocenters. The van der Waals surface area contributed by atoms with Gasteiger partial charge < -0.3 is 15.1 Å². The maximum absolute atomic E-state index is 12.1. The van der Waals surface area contributed by atoms with Crippen LogP contribution in [0, 0.1) is 0 Å². The molecular formula is C19H24N4O. The summed E-state index contributed by atoms with van der Waals surface area (Å²) in [7, 11) is 2.14. The van der Waals surface area contributed by atoms with E-state index >= 15 is 0 Å². The molecule has 1 amide bonds. The van der Waals surface area contributed by atoms with Gasteiger partial charge in [-0.3, -0.25) is 4.79 Å². The number of piperazine rings is 1. The molecular weight excluding hydrogens is 300 g/mol. The van der Waals surface area contributed by atoms with E-state index in [0.29, 0.717) is 6.42 Å². The van der Waals surface area contributed by atoms with Crippen molar-refractivity contribution in [1.29, 1.82) is 0 Å². The second kappa shape index (κ2) is 7.93. The Labute approximate surface area is 143 Å². The van der Waals surface area contributed by atoms with E-state index in [4.69, 9.17) is 0 Å². The molecule has 0 bridgehead atoms. The van der Waals surface area contributed by atoms with Crippen molar-refractivity contribution in [2.24, 2.45) is 0 Å². The number of hydrogen-bond acceptors (Lipinski definition) is 4. The number of nitrogens with one attached hydrogen (secondary N) is 1. The van der Waals surface area contributed by atoms with Gasteiger partial charge in [0.2, 0.25) is 5.91 Å². The molecule has 1 fully saturated rings. The van der Waals surface area contributed by atoms with Gasteiger partial charge in [-0.15, -0.1) is 0 Å². The number of aryl methyl sites for hydroxylation is 1. The standard InChI is InChI=1S/C19H24N4O/c1-22-11-13-23(14-12-22)18-9-8-17(15-20-18)21-19(24)10-7-16-5-3-2-4-6-16/h2-6,8-9,15H,7,10-14H2,1H3,(H,21,24). The number of pyridine rings is 1. The molecule has 24 heavy (non-hydrogen) atoms. The van der Waals surface area contributed by atoms with Gasteiger partial charge in [0.25, 0.3) is 0 Å². The summed E-state index contributed by atoms with van der Waals surface area (Å²) in [6.45, 7) is 4.10. The number of rotatable bonds is 5. The van der Waals surface area contributed by atoms with Gasteiger partial charge >= 0.3 is 0 Å². The first-order valence-corrected chi connectivity index (χ1v) is 8.44. The molecule has 0 spiro atoms. The highest BCUT2D eigenvalue weighted by Crippen LogP contribution is 2.16. The summed E-state index contributed by atoms with van der Waals surface area (Å²) in [4.78, 5) is 21.1. The van der Waals surface area contributed by atoms with E-state index in [-0.39, 0.29) is 5.91 Å². The Morgan fingerprint density at radius 1 is 1.08 bits per heavy atom. The van der Waals surface area contributed by atoms with Crippen LogP contribution >= 0.6 is 0 Å². The third kappa shape index (κ3) is 4.55. The van der Waals surface area contributed by atoms with E-state index in [1.165, 1.54) is 5.56 Å². The molecule has 0 unspecified atom stereocenters. The van der Waals surface area contributed by atoms with Crippen molar-refractivity contribution in [3.05, 3.63) is 54.2 Å². The Bertz CT molecular complexity index is 649. The van der Waals surface area contributed by atoms with Gasteiger partial charge in [0, 0.05) is 32.6 Å². The number of amides is 1. The molecule has 2 aromatic rings. The Morgan fingerprint density at radius 2 is 1.83 bits per heavy atom. The number of anilines is 2. The second-order valence-electron chi connectivity index (χ2n) is 6.23. The summed E-state index contributed by atoms with van der Waals surface area (Å²) >= 11 is 0. The largest absolute Gasteiger partial charge is 0.354 e. The van der Waals surface area contributed by atoms with Crippen molar-refractivity contribution in [3.63, 3.8) is 0 Å². The van der Waals surface area contributed by atoms with E-state index in [1.54, 1.807) is 6.20 Å². The fourth-order valence-corrected chi connectivity index (χ4v) is 2.81. The quantitative estimate of drug-likeness (QED) is 0.917. The minimum Gasteiger partial charge on any atom is -0.354 e. The summed E-state index contributed by atoms with van der Waals surface area (Å²) in [5.41, 5.74) is 1.93. The Balaban J connectivity index is 1.49. The van der Waals surface area contributed by atoms with Gasteiger partial charge in [0.15, 0.2) is 0 Å². The number of benzene rings is 1. The van der Waals surface area contributed by atoms with Crippen LogP contribution in [0.1, 0.15) is 12.0 Å². The van der Waals surface area contributed by atoms with Gasteiger partial charge in [0.1, 0.15) is 5.82 Å². The molecule has 1 N–H and O–H groups in total. The SMILES string of the molecule is CN1CCN(c2ccc(NC(=O)CCc3ccccc3)cn2)CC1. The van der Waals surface area contributed by atoms with E-state index < -0.39 is 0 Å². The number of aromatic nitrogens is 1. The van der Waals surface area contributed by atoms with Gasteiger partial charge in [-0.2, -0.15) is 0 Å². The highest BCUT2D eigenvalue weighted by Gasteiger charge is 2.15. The smallest absolute Gasteiger partial charge is 0.224 e. The molecule has 126 valence electrons. The average molecular weight is 324 g/mol. The van der Waals surface area contributed by atoms with E-state index in [2.05, 4.69) is 27.1 Å². The molecule has 1 aliphatic heterocycles. The molecule has 1 aromatic carbocycles. The summed E-state index contributed by atoms with van der Waals surface area (Å²) in [5.74, 6) is 0.999. The topological polar surface area (TPSA) is 48.5 Å². The summed E-state index contributed by atoms with van der Waals surface area (Å²) in [6, 6.07) is 14.0. The molecule has 5 nitrogen and oxygen atoms in total. The zero-order valence-electron chi connectivity index (χ0n) is 14.1. The van der Waals surface area contributed by atoms with Gasteiger partial charge in [-0.25, -0.2) is 4.98 Å². The first-order valence-electron chi connectivity index (χ1n) is 8.44. The van der Waals surface area contributed by atoms with E-state index in [0.717, 1.165) is 44.1 Å². The number of hydrogen-bond donors (Lipinski definition) is 1. The lowest BCUT2D eigenvalue weighted by Crippen LogP contribution is -2.44. The number of carbonyl (C=O) groups is 1. The molecule has 5 heteroatoms. The Kier molecular flexibility index (Phi) is 5.43. The molecule has 0 radical (unpaired) electrons. The predicted octanol–water partition coefficient (Wildman–Crippen LogP) is 2.40. The van der Waals surface area contributed by atoms with Gasteiger partial charge in [0.05, 0.1) is 11.9 Å². The highest BCUT2D eigenvalue weighted by atomic mass is 16.1. The normalized spacial score (nSPS) is 15.3. The summed E-state index contributed by atoms with van der Waals surface area (Å²) < 4.78 is 0. The van der Waals surface area contributed by atoms with Gasteiger partial charge in [-0.05, 0) is 31.2 Å². The van der Waals surface area contributed by atoms with E-state index in [9.17, 15) is 4.79 Å². The monoisotopic (exact) mass is 324 g/mol. The van der Waals surface area contributed by atoms with Crippen molar-refractivity contribution in [1.82, 2.24) is 9.88 Å². The van der Waals surface area contributed by atoms with Crippen LogP contribution in [0.5, 0.6) is 0 Å². The lowest BCUT2D eigenvalue weighted by Gasteiger charge is -2.33. The van der Waals surface area contributed by atoms with E-state index in [1.807, 2.05) is 42.5 Å². The van der Waals surface area contributed by atoms with Crippen LogP contribution in [-0.4, -0.2) is 49.0 Å². The van der Waals surface area contributed by atoms with Crippen molar-refractivity contribution in [2.75, 3.05) is 43.4 Å². The number of nitrogens with zero attached hydrogens (tertiary/aromatic N) is 3. The first kappa shape index (κ1) is 16.5. The number of carbonyl (C=O) groups excluding carboxylic acids is 1. The van der Waals surface area contributed by atoms with Crippen molar-refractivity contribution < 1.29 is 4.79 Å². The third-order valence-corrected chi connectivity index (χ3v) is 4.34.